The number of hydrogen-bond donors (Lipinski definition) is 2. The van der Waals surface area contributed by atoms with Gasteiger partial charge in [-0.1, -0.05) is 5.17 Å². The van der Waals surface area contributed by atoms with E-state index in [1.807, 2.05) is 11.8 Å². The molecule has 0 aromatic rings. The van der Waals surface area contributed by atoms with Crippen LogP contribution in [0.3, 0.4) is 0 Å². The summed E-state index contributed by atoms with van der Waals surface area (Å²) in [6, 6.07) is 0. The molecular weight excluding hydrogens is 265 g/mol. The van der Waals surface area contributed by atoms with Crippen molar-refractivity contribution in [3.05, 3.63) is 11.9 Å². The van der Waals surface area contributed by atoms with Crippen LogP contribution in [0.4, 0.5) is 4.39 Å². The zero-order valence-corrected chi connectivity index (χ0v) is 12.1. The summed E-state index contributed by atoms with van der Waals surface area (Å²) < 4.78 is 17.7. The summed E-state index contributed by atoms with van der Waals surface area (Å²) in [6.07, 6.45) is 0.456. The molecule has 20 heavy (non-hydrogen) atoms. The van der Waals surface area contributed by atoms with Crippen LogP contribution in [0.5, 0.6) is 0 Å². The van der Waals surface area contributed by atoms with Crippen molar-refractivity contribution in [1.29, 1.82) is 5.41 Å². The zero-order chi connectivity index (χ0) is 15.0. The lowest BCUT2D eigenvalue weighted by atomic mass is 10.3. The molecule has 0 atom stereocenters. The second-order valence-corrected chi connectivity index (χ2v) is 4.35. The molecule has 8 heteroatoms. The maximum atomic E-state index is 12.4. The lowest BCUT2D eigenvalue weighted by Gasteiger charge is -2.38. The standard InChI is InChI=1S/C12H24FN5O2/c1-3-18(12(15)17-4-6-19-7-5-17)16(2)20-10-11(8-13)9-14/h8,15H,3-7,9-10,14H2,1-2H3/b11-8+,15-12?. The second-order valence-electron chi connectivity index (χ2n) is 4.35. The Balaban J connectivity index is 2.52. The Bertz CT molecular complexity index is 334. The molecule has 1 heterocycles. The van der Waals surface area contributed by atoms with Crippen molar-refractivity contribution in [2.75, 3.05) is 53.0 Å². The SMILES string of the molecule is CCN(C(=N)N1CCOCC1)N(C)OC/C(=C/F)CN. The highest BCUT2D eigenvalue weighted by atomic mass is 19.1. The number of rotatable bonds is 6. The van der Waals surface area contributed by atoms with Crippen molar-refractivity contribution in [2.24, 2.45) is 5.73 Å². The first-order chi connectivity index (χ1) is 9.63. The highest BCUT2D eigenvalue weighted by Crippen LogP contribution is 2.06. The number of halogens is 1. The Kier molecular flexibility index (Phi) is 7.45. The van der Waals surface area contributed by atoms with Crippen LogP contribution in [0.25, 0.3) is 0 Å². The summed E-state index contributed by atoms with van der Waals surface area (Å²) in [6.45, 7) is 5.27. The number of nitrogens with one attached hydrogen (secondary N) is 1. The average molecular weight is 289 g/mol. The minimum atomic E-state index is 0.0659. The van der Waals surface area contributed by atoms with Crippen molar-refractivity contribution < 1.29 is 14.0 Å². The number of nitrogens with two attached hydrogens (primary N) is 1. The molecule has 0 spiro atoms. The van der Waals surface area contributed by atoms with Crippen LogP contribution >= 0.6 is 0 Å². The number of hydroxylamine groups is 1. The van der Waals surface area contributed by atoms with E-state index in [0.717, 1.165) is 0 Å². The van der Waals surface area contributed by atoms with E-state index in [0.29, 0.717) is 50.7 Å². The van der Waals surface area contributed by atoms with Crippen LogP contribution in [0, 0.1) is 5.41 Å². The van der Waals surface area contributed by atoms with E-state index in [9.17, 15) is 4.39 Å². The third-order valence-corrected chi connectivity index (χ3v) is 3.05. The van der Waals surface area contributed by atoms with Crippen molar-refractivity contribution >= 4 is 5.96 Å². The molecule has 0 bridgehead atoms. The van der Waals surface area contributed by atoms with Gasteiger partial charge < -0.3 is 15.4 Å². The third-order valence-electron chi connectivity index (χ3n) is 3.05. The molecular formula is C12H24FN5O2. The van der Waals surface area contributed by atoms with Crippen LogP contribution in [0.1, 0.15) is 6.92 Å². The summed E-state index contributed by atoms with van der Waals surface area (Å²) in [7, 11) is 1.69. The van der Waals surface area contributed by atoms with Gasteiger partial charge in [0.1, 0.15) is 0 Å². The third kappa shape index (κ3) is 4.71. The van der Waals surface area contributed by atoms with Crippen LogP contribution in [0.15, 0.2) is 11.9 Å². The van der Waals surface area contributed by atoms with E-state index in [1.54, 1.807) is 12.1 Å². The molecule has 1 aliphatic rings. The van der Waals surface area contributed by atoms with Crippen molar-refractivity contribution in [1.82, 2.24) is 15.1 Å². The Morgan fingerprint density at radius 2 is 2.15 bits per heavy atom. The van der Waals surface area contributed by atoms with Gasteiger partial charge in [0.2, 0.25) is 5.96 Å². The topological polar surface area (TPSA) is 78.0 Å². The Labute approximate surface area is 119 Å². The van der Waals surface area contributed by atoms with Gasteiger partial charge in [-0.05, 0) is 12.5 Å². The summed E-state index contributed by atoms with van der Waals surface area (Å²) in [5.74, 6) is 0.344. The molecule has 116 valence electrons. The first-order valence-corrected chi connectivity index (χ1v) is 6.67. The molecule has 1 saturated heterocycles. The molecule has 0 aromatic heterocycles. The molecule has 0 unspecified atom stereocenters. The van der Waals surface area contributed by atoms with Crippen LogP contribution in [-0.4, -0.2) is 74.1 Å². The van der Waals surface area contributed by atoms with Crippen LogP contribution in [-0.2, 0) is 9.57 Å². The normalized spacial score (nSPS) is 16.6. The Hall–Kier alpha value is -1.22. The molecule has 0 radical (unpaired) electrons. The molecule has 0 amide bonds. The van der Waals surface area contributed by atoms with Gasteiger partial charge in [0.25, 0.3) is 0 Å². The van der Waals surface area contributed by atoms with Gasteiger partial charge in [-0.2, -0.15) is 0 Å². The minimum Gasteiger partial charge on any atom is -0.378 e. The highest BCUT2D eigenvalue weighted by Gasteiger charge is 2.22. The summed E-state index contributed by atoms with van der Waals surface area (Å²) in [5.41, 5.74) is 5.74. The van der Waals surface area contributed by atoms with E-state index in [4.69, 9.17) is 20.7 Å². The monoisotopic (exact) mass is 289 g/mol. The van der Waals surface area contributed by atoms with Gasteiger partial charge in [0.15, 0.2) is 0 Å². The van der Waals surface area contributed by atoms with E-state index >= 15 is 0 Å². The molecule has 1 rings (SSSR count). The average Bonchev–Trinajstić information content (AvgIpc) is 2.49. The van der Waals surface area contributed by atoms with Gasteiger partial charge in [0, 0.05) is 33.2 Å². The van der Waals surface area contributed by atoms with Gasteiger partial charge >= 0.3 is 0 Å². The Morgan fingerprint density at radius 3 is 2.65 bits per heavy atom. The summed E-state index contributed by atoms with van der Waals surface area (Å²) in [4.78, 5) is 7.34. The fraction of sp³-hybridized carbons (Fsp3) is 0.750. The molecule has 3 N–H and O–H groups in total. The van der Waals surface area contributed by atoms with E-state index in [1.165, 1.54) is 5.17 Å². The van der Waals surface area contributed by atoms with Crippen molar-refractivity contribution in [2.45, 2.75) is 6.92 Å². The van der Waals surface area contributed by atoms with Gasteiger partial charge in [-0.25, -0.2) is 4.39 Å². The lowest BCUT2D eigenvalue weighted by molar-refractivity contribution is -0.236. The summed E-state index contributed by atoms with van der Waals surface area (Å²) >= 11 is 0. The number of hydrazine groups is 1. The van der Waals surface area contributed by atoms with E-state index in [-0.39, 0.29) is 13.2 Å². The first kappa shape index (κ1) is 16.8. The molecule has 7 nitrogen and oxygen atoms in total. The smallest absolute Gasteiger partial charge is 0.210 e. The molecule has 1 aliphatic heterocycles. The maximum absolute atomic E-state index is 12.4. The maximum Gasteiger partial charge on any atom is 0.210 e. The molecule has 0 saturated carbocycles. The minimum absolute atomic E-state index is 0.0659. The summed E-state index contributed by atoms with van der Waals surface area (Å²) in [5, 5.41) is 11.3. The predicted octanol–water partition coefficient (Wildman–Crippen LogP) is 0.166. The highest BCUT2D eigenvalue weighted by molar-refractivity contribution is 5.76. The fourth-order valence-electron chi connectivity index (χ4n) is 1.80. The van der Waals surface area contributed by atoms with Crippen molar-refractivity contribution in [3.8, 4) is 0 Å². The lowest BCUT2D eigenvalue weighted by Crippen LogP contribution is -2.53. The van der Waals surface area contributed by atoms with E-state index in [2.05, 4.69) is 0 Å². The van der Waals surface area contributed by atoms with Crippen LogP contribution < -0.4 is 5.73 Å². The predicted molar refractivity (Wildman–Crippen MR) is 74.5 cm³/mol. The quantitative estimate of drug-likeness (QED) is 0.412. The number of nitrogens with zero attached hydrogens (tertiary/aromatic N) is 3. The number of ether oxygens (including phenoxy) is 1. The molecule has 0 aliphatic carbocycles. The van der Waals surface area contributed by atoms with Crippen LogP contribution in [0.2, 0.25) is 0 Å². The van der Waals surface area contributed by atoms with Crippen molar-refractivity contribution in [3.63, 3.8) is 0 Å². The Morgan fingerprint density at radius 1 is 1.50 bits per heavy atom. The largest absolute Gasteiger partial charge is 0.378 e. The van der Waals surface area contributed by atoms with Gasteiger partial charge in [-0.3, -0.25) is 15.3 Å². The molecule has 1 fully saturated rings. The molecule has 0 aromatic carbocycles. The van der Waals surface area contributed by atoms with Gasteiger partial charge in [0.05, 0.1) is 26.2 Å². The number of morpholine rings is 1. The van der Waals surface area contributed by atoms with E-state index < -0.39 is 0 Å². The first-order valence-electron chi connectivity index (χ1n) is 6.67. The zero-order valence-electron chi connectivity index (χ0n) is 12.1. The fourth-order valence-corrected chi connectivity index (χ4v) is 1.80. The van der Waals surface area contributed by atoms with Gasteiger partial charge in [-0.15, -0.1) is 0 Å². The number of hydrogen-bond acceptors (Lipinski definition) is 5. The number of guanidine groups is 1. The second kappa shape index (κ2) is 8.85.